The van der Waals surface area contributed by atoms with Crippen molar-refractivity contribution in [2.24, 2.45) is 0 Å². The fourth-order valence-corrected chi connectivity index (χ4v) is 1.71. The number of rotatable bonds is 2. The maximum absolute atomic E-state index is 13.2. The number of aromatic nitrogens is 2. The molecule has 2 rings (SSSR count). The number of ether oxygens (including phenoxy) is 1. The fourth-order valence-electron chi connectivity index (χ4n) is 1.71. The van der Waals surface area contributed by atoms with Crippen LogP contribution in [0.3, 0.4) is 0 Å². The minimum absolute atomic E-state index is 0.0795. The molecule has 17 heavy (non-hydrogen) atoms. The van der Waals surface area contributed by atoms with Crippen LogP contribution in [0.15, 0.2) is 11.0 Å². The van der Waals surface area contributed by atoms with Crippen molar-refractivity contribution < 1.29 is 19.3 Å². The third-order valence-electron chi connectivity index (χ3n) is 2.63. The Balaban J connectivity index is 2.30. The number of nitrogens with zero attached hydrogens (tertiary/aromatic N) is 2. The van der Waals surface area contributed by atoms with Gasteiger partial charge in [-0.25, -0.2) is 9.18 Å². The highest BCUT2D eigenvalue weighted by atomic mass is 19.1. The molecule has 0 amide bonds. The van der Waals surface area contributed by atoms with Gasteiger partial charge in [0.05, 0.1) is 18.9 Å². The Bertz CT molecular complexity index is 478. The summed E-state index contributed by atoms with van der Waals surface area (Å²) < 4.78 is 19.3. The molecule has 1 saturated heterocycles. The number of hydrogen-bond donors (Lipinski definition) is 3. The highest BCUT2D eigenvalue weighted by Crippen LogP contribution is 2.27. The van der Waals surface area contributed by atoms with E-state index in [0.717, 1.165) is 10.8 Å². The van der Waals surface area contributed by atoms with Gasteiger partial charge in [0.2, 0.25) is 0 Å². The monoisotopic (exact) mass is 245 g/mol. The summed E-state index contributed by atoms with van der Waals surface area (Å²) >= 11 is 0. The lowest BCUT2D eigenvalue weighted by Gasteiger charge is -2.14. The first-order chi connectivity index (χ1) is 8.02. The second-order valence-electron chi connectivity index (χ2n) is 3.78. The van der Waals surface area contributed by atoms with E-state index in [9.17, 15) is 14.3 Å². The average molecular weight is 245 g/mol. The van der Waals surface area contributed by atoms with Crippen molar-refractivity contribution in [2.75, 3.05) is 12.3 Å². The Kier molecular flexibility index (Phi) is 3.09. The lowest BCUT2D eigenvalue weighted by molar-refractivity contribution is -0.0461. The van der Waals surface area contributed by atoms with E-state index in [2.05, 4.69) is 4.98 Å². The van der Waals surface area contributed by atoms with E-state index in [1.807, 2.05) is 0 Å². The molecule has 0 radical (unpaired) electrons. The maximum atomic E-state index is 13.2. The Morgan fingerprint density at radius 2 is 2.41 bits per heavy atom. The molecule has 7 nitrogen and oxygen atoms in total. The summed E-state index contributed by atoms with van der Waals surface area (Å²) in [5.74, 6) is -1.32. The minimum Gasteiger partial charge on any atom is -0.394 e. The summed E-state index contributed by atoms with van der Waals surface area (Å²) in [5, 5.41) is 18.4. The number of hydrogen-bond acceptors (Lipinski definition) is 6. The fraction of sp³-hybridized carbons (Fsp3) is 0.556. The molecule has 3 atom stereocenters. The van der Waals surface area contributed by atoms with Gasteiger partial charge in [0, 0.05) is 6.42 Å². The highest BCUT2D eigenvalue weighted by Gasteiger charge is 2.35. The van der Waals surface area contributed by atoms with E-state index in [0.29, 0.717) is 0 Å². The first-order valence-corrected chi connectivity index (χ1v) is 5.01. The predicted molar refractivity (Wildman–Crippen MR) is 54.5 cm³/mol. The van der Waals surface area contributed by atoms with E-state index in [4.69, 9.17) is 15.6 Å². The average Bonchev–Trinajstić information content (AvgIpc) is 2.65. The van der Waals surface area contributed by atoms with Crippen molar-refractivity contribution in [1.29, 1.82) is 0 Å². The van der Waals surface area contributed by atoms with Gasteiger partial charge < -0.3 is 20.7 Å². The molecule has 0 bridgehead atoms. The van der Waals surface area contributed by atoms with Crippen LogP contribution in [0.25, 0.3) is 0 Å². The standard InChI is InChI=1S/C9H12FN3O4/c10-4-2-13(9(16)12-8(4)11)7-1-5(15)6(3-14)17-7/h2,5-7,14-15H,1,3H2,(H2,11,12,16)/t5?,6?,7-/m1/s1. The summed E-state index contributed by atoms with van der Waals surface area (Å²) in [6.45, 7) is -0.378. The Morgan fingerprint density at radius 3 is 3.00 bits per heavy atom. The van der Waals surface area contributed by atoms with Gasteiger partial charge >= 0.3 is 5.69 Å². The number of anilines is 1. The first-order valence-electron chi connectivity index (χ1n) is 5.01. The molecule has 2 heterocycles. The van der Waals surface area contributed by atoms with E-state index < -0.39 is 35.8 Å². The molecule has 0 spiro atoms. The van der Waals surface area contributed by atoms with Crippen LogP contribution < -0.4 is 11.4 Å². The minimum atomic E-state index is -0.905. The molecule has 94 valence electrons. The summed E-state index contributed by atoms with van der Waals surface area (Å²) in [6, 6.07) is 0. The van der Waals surface area contributed by atoms with E-state index in [-0.39, 0.29) is 13.0 Å². The molecule has 0 aromatic carbocycles. The Morgan fingerprint density at radius 1 is 1.71 bits per heavy atom. The summed E-state index contributed by atoms with van der Waals surface area (Å²) in [7, 11) is 0. The molecular weight excluding hydrogens is 233 g/mol. The van der Waals surface area contributed by atoms with E-state index >= 15 is 0 Å². The van der Waals surface area contributed by atoms with Crippen LogP contribution in [-0.2, 0) is 4.74 Å². The third kappa shape index (κ3) is 2.14. The third-order valence-corrected chi connectivity index (χ3v) is 2.63. The largest absolute Gasteiger partial charge is 0.394 e. The lowest BCUT2D eigenvalue weighted by atomic mass is 10.2. The zero-order valence-corrected chi connectivity index (χ0v) is 8.78. The number of aliphatic hydroxyl groups excluding tert-OH is 2. The second-order valence-corrected chi connectivity index (χ2v) is 3.78. The first kappa shape index (κ1) is 12.0. The molecule has 4 N–H and O–H groups in total. The SMILES string of the molecule is Nc1nc(=O)n([C@H]2CC(O)C(CO)O2)cc1F. The van der Waals surface area contributed by atoms with Gasteiger partial charge in [-0.05, 0) is 0 Å². The Hall–Kier alpha value is -1.51. The van der Waals surface area contributed by atoms with Crippen molar-refractivity contribution >= 4 is 5.82 Å². The van der Waals surface area contributed by atoms with Gasteiger partial charge in [0.1, 0.15) is 12.3 Å². The van der Waals surface area contributed by atoms with Crippen LogP contribution in [0, 0.1) is 5.82 Å². The van der Waals surface area contributed by atoms with Crippen molar-refractivity contribution in [3.63, 3.8) is 0 Å². The molecule has 1 aliphatic heterocycles. The smallest absolute Gasteiger partial charge is 0.351 e. The topological polar surface area (TPSA) is 111 Å². The molecule has 1 fully saturated rings. The van der Waals surface area contributed by atoms with Gasteiger partial charge in [-0.1, -0.05) is 0 Å². The van der Waals surface area contributed by atoms with Crippen molar-refractivity contribution in [2.45, 2.75) is 24.9 Å². The van der Waals surface area contributed by atoms with Crippen LogP contribution in [-0.4, -0.2) is 38.6 Å². The number of nitrogen functional groups attached to an aromatic ring is 1. The van der Waals surface area contributed by atoms with Gasteiger partial charge in [0.15, 0.2) is 11.6 Å². The second kappa shape index (κ2) is 4.40. The summed E-state index contributed by atoms with van der Waals surface area (Å²) in [5.41, 5.74) is 4.38. The van der Waals surface area contributed by atoms with Gasteiger partial charge in [-0.2, -0.15) is 4.98 Å². The van der Waals surface area contributed by atoms with Gasteiger partial charge in [0.25, 0.3) is 0 Å². The van der Waals surface area contributed by atoms with Crippen molar-refractivity contribution in [1.82, 2.24) is 9.55 Å². The summed E-state index contributed by atoms with van der Waals surface area (Å²) in [4.78, 5) is 14.7. The van der Waals surface area contributed by atoms with Crippen LogP contribution in [0.1, 0.15) is 12.6 Å². The zero-order valence-electron chi connectivity index (χ0n) is 8.78. The molecule has 1 aliphatic rings. The van der Waals surface area contributed by atoms with Crippen LogP contribution in [0.2, 0.25) is 0 Å². The number of halogens is 1. The van der Waals surface area contributed by atoms with Crippen LogP contribution in [0.5, 0.6) is 0 Å². The van der Waals surface area contributed by atoms with E-state index in [1.54, 1.807) is 0 Å². The molecule has 2 unspecified atom stereocenters. The van der Waals surface area contributed by atoms with Gasteiger partial charge in [-0.15, -0.1) is 0 Å². The van der Waals surface area contributed by atoms with E-state index in [1.165, 1.54) is 0 Å². The van der Waals surface area contributed by atoms with Crippen LogP contribution in [0.4, 0.5) is 10.2 Å². The van der Waals surface area contributed by atoms with Crippen LogP contribution >= 0.6 is 0 Å². The molecule has 1 aromatic heterocycles. The summed E-state index contributed by atoms with van der Waals surface area (Å²) in [6.07, 6.45) is -1.58. The quantitative estimate of drug-likeness (QED) is 0.591. The maximum Gasteiger partial charge on any atom is 0.351 e. The predicted octanol–water partition coefficient (Wildman–Crippen LogP) is -1.39. The van der Waals surface area contributed by atoms with Crippen molar-refractivity contribution in [3.05, 3.63) is 22.5 Å². The molecule has 8 heteroatoms. The highest BCUT2D eigenvalue weighted by molar-refractivity contribution is 5.26. The lowest BCUT2D eigenvalue weighted by Crippen LogP contribution is -2.29. The normalized spacial score (nSPS) is 28.5. The number of aliphatic hydroxyl groups is 2. The molecular formula is C9H12FN3O4. The zero-order chi connectivity index (χ0) is 12.6. The number of nitrogens with two attached hydrogens (primary N) is 1. The Labute approximate surface area is 95.3 Å². The molecule has 0 saturated carbocycles. The molecule has 0 aliphatic carbocycles. The van der Waals surface area contributed by atoms with Gasteiger partial charge in [-0.3, -0.25) is 4.57 Å². The van der Waals surface area contributed by atoms with Crippen molar-refractivity contribution in [3.8, 4) is 0 Å². The molecule has 1 aromatic rings.